The topological polar surface area (TPSA) is 80.5 Å². The van der Waals surface area contributed by atoms with E-state index in [4.69, 9.17) is 9.15 Å². The Morgan fingerprint density at radius 3 is 2.52 bits per heavy atom. The van der Waals surface area contributed by atoms with E-state index in [1.165, 1.54) is 31.0 Å². The summed E-state index contributed by atoms with van der Waals surface area (Å²) < 4.78 is 11.3. The van der Waals surface area contributed by atoms with Crippen LogP contribution in [0.25, 0.3) is 11.5 Å². The zero-order chi connectivity index (χ0) is 21.7. The van der Waals surface area contributed by atoms with E-state index in [2.05, 4.69) is 26.5 Å². The van der Waals surface area contributed by atoms with Crippen molar-refractivity contribution in [3.8, 4) is 11.5 Å². The van der Waals surface area contributed by atoms with E-state index in [0.717, 1.165) is 55.8 Å². The molecule has 0 spiro atoms. The fourth-order valence-electron chi connectivity index (χ4n) is 4.78. The average Bonchev–Trinajstić information content (AvgIpc) is 3.26. The van der Waals surface area contributed by atoms with Gasteiger partial charge in [-0.2, -0.15) is 0 Å². The van der Waals surface area contributed by atoms with Gasteiger partial charge in [0.05, 0.1) is 19.0 Å². The van der Waals surface area contributed by atoms with Gasteiger partial charge in [0.25, 0.3) is 5.22 Å². The summed E-state index contributed by atoms with van der Waals surface area (Å²) in [6, 6.07) is 6.16. The van der Waals surface area contributed by atoms with E-state index < -0.39 is 0 Å². The Hall–Kier alpha value is -1.90. The first kappa shape index (κ1) is 22.3. The molecule has 2 aliphatic rings. The van der Waals surface area contributed by atoms with Gasteiger partial charge in [-0.25, -0.2) is 0 Å². The number of rotatable bonds is 7. The van der Waals surface area contributed by atoms with Gasteiger partial charge in [0.2, 0.25) is 11.8 Å². The van der Waals surface area contributed by atoms with Crippen LogP contribution < -0.4 is 5.32 Å². The number of morpholine rings is 1. The molecule has 1 aromatic carbocycles. The third-order valence-corrected chi connectivity index (χ3v) is 7.10. The summed E-state index contributed by atoms with van der Waals surface area (Å²) in [6.07, 6.45) is 6.03. The van der Waals surface area contributed by atoms with Crippen molar-refractivity contribution in [1.29, 1.82) is 0 Å². The van der Waals surface area contributed by atoms with Gasteiger partial charge >= 0.3 is 0 Å². The van der Waals surface area contributed by atoms with Crippen LogP contribution in [0.3, 0.4) is 0 Å². The molecule has 1 aliphatic heterocycles. The van der Waals surface area contributed by atoms with Gasteiger partial charge in [0.1, 0.15) is 0 Å². The fourth-order valence-corrected chi connectivity index (χ4v) is 5.37. The molecule has 1 amide bonds. The number of ether oxygens (including phenoxy) is 1. The van der Waals surface area contributed by atoms with Crippen molar-refractivity contribution in [1.82, 2.24) is 20.4 Å². The normalized spacial score (nSPS) is 19.3. The molecule has 1 N–H and O–H groups in total. The number of aryl methyl sites for hydroxylation is 2. The molecule has 0 atom stereocenters. The van der Waals surface area contributed by atoms with Crippen LogP contribution in [-0.2, 0) is 9.53 Å². The Kier molecular flexibility index (Phi) is 7.30. The summed E-state index contributed by atoms with van der Waals surface area (Å²) in [5.41, 5.74) is 3.28. The Bertz CT molecular complexity index is 868. The number of hydrogen-bond acceptors (Lipinski definition) is 7. The van der Waals surface area contributed by atoms with Crippen LogP contribution in [0, 0.1) is 13.8 Å². The maximum atomic E-state index is 12.6. The zero-order valence-corrected chi connectivity index (χ0v) is 19.3. The lowest BCUT2D eigenvalue weighted by Crippen LogP contribution is -2.59. The summed E-state index contributed by atoms with van der Waals surface area (Å²) in [4.78, 5) is 15.1. The maximum absolute atomic E-state index is 12.6. The van der Waals surface area contributed by atoms with Gasteiger partial charge in [0.15, 0.2) is 0 Å². The molecule has 0 bridgehead atoms. The highest BCUT2D eigenvalue weighted by atomic mass is 32.2. The van der Waals surface area contributed by atoms with Crippen molar-refractivity contribution in [2.75, 3.05) is 38.6 Å². The predicted octanol–water partition coefficient (Wildman–Crippen LogP) is 3.60. The first-order chi connectivity index (χ1) is 15.0. The summed E-state index contributed by atoms with van der Waals surface area (Å²) in [5, 5.41) is 11.9. The molecule has 7 nitrogen and oxygen atoms in total. The molecule has 1 aromatic heterocycles. The van der Waals surface area contributed by atoms with E-state index >= 15 is 0 Å². The van der Waals surface area contributed by atoms with Gasteiger partial charge in [-0.05, 0) is 38.8 Å². The highest BCUT2D eigenvalue weighted by Gasteiger charge is 2.38. The molecule has 2 fully saturated rings. The van der Waals surface area contributed by atoms with Crippen LogP contribution in [0.1, 0.15) is 43.2 Å². The number of carbonyl (C=O) groups excluding carboxylic acids is 1. The van der Waals surface area contributed by atoms with Gasteiger partial charge in [-0.3, -0.25) is 9.69 Å². The lowest BCUT2D eigenvalue weighted by molar-refractivity contribution is -0.119. The molecule has 2 aromatic rings. The first-order valence-electron chi connectivity index (χ1n) is 11.2. The number of benzene rings is 1. The molecule has 8 heteroatoms. The minimum absolute atomic E-state index is 0.00866. The fraction of sp³-hybridized carbons (Fsp3) is 0.609. The van der Waals surface area contributed by atoms with Crippen molar-refractivity contribution in [2.24, 2.45) is 0 Å². The van der Waals surface area contributed by atoms with Gasteiger partial charge in [-0.15, -0.1) is 10.2 Å². The molecule has 2 heterocycles. The molecule has 4 rings (SSSR count). The standard InChI is InChI=1S/C23H32N4O3S/c1-17-12-18(2)14-19(13-17)21-25-26-22(30-21)31-15-20(28)24-16-23(6-4-3-5-7-23)27-8-10-29-11-9-27/h12-14H,3-11,15-16H2,1-2H3,(H,24,28). The van der Waals surface area contributed by atoms with E-state index in [9.17, 15) is 4.79 Å². The largest absolute Gasteiger partial charge is 0.411 e. The lowest BCUT2D eigenvalue weighted by atomic mass is 9.79. The number of carbonyl (C=O) groups is 1. The van der Waals surface area contributed by atoms with Crippen LogP contribution in [-0.4, -0.2) is 65.1 Å². The van der Waals surface area contributed by atoms with E-state index in [1.54, 1.807) is 0 Å². The number of aromatic nitrogens is 2. The van der Waals surface area contributed by atoms with Gasteiger partial charge in [-0.1, -0.05) is 48.2 Å². The molecule has 168 valence electrons. The van der Waals surface area contributed by atoms with Gasteiger partial charge in [0, 0.05) is 30.7 Å². The third kappa shape index (κ3) is 5.67. The van der Waals surface area contributed by atoms with Crippen LogP contribution in [0.2, 0.25) is 0 Å². The molecule has 31 heavy (non-hydrogen) atoms. The van der Waals surface area contributed by atoms with E-state index in [1.807, 2.05) is 26.0 Å². The molecule has 1 saturated heterocycles. The maximum Gasteiger partial charge on any atom is 0.277 e. The number of nitrogens with zero attached hydrogens (tertiary/aromatic N) is 3. The molecule has 0 unspecified atom stereocenters. The summed E-state index contributed by atoms with van der Waals surface area (Å²) >= 11 is 1.29. The lowest BCUT2D eigenvalue weighted by Gasteiger charge is -2.48. The van der Waals surface area contributed by atoms with Crippen LogP contribution in [0.4, 0.5) is 0 Å². The Morgan fingerprint density at radius 1 is 1.10 bits per heavy atom. The second-order valence-corrected chi connectivity index (χ2v) is 9.63. The smallest absolute Gasteiger partial charge is 0.277 e. The Balaban J connectivity index is 1.31. The summed E-state index contributed by atoms with van der Waals surface area (Å²) in [6.45, 7) is 8.26. The SMILES string of the molecule is Cc1cc(C)cc(-c2nnc(SCC(=O)NCC3(N4CCOCC4)CCCCC3)o2)c1. The van der Waals surface area contributed by atoms with E-state index in [0.29, 0.717) is 17.7 Å². The predicted molar refractivity (Wildman–Crippen MR) is 121 cm³/mol. The third-order valence-electron chi connectivity index (χ3n) is 6.28. The Morgan fingerprint density at radius 2 is 1.81 bits per heavy atom. The number of nitrogens with one attached hydrogen (secondary N) is 1. The van der Waals surface area contributed by atoms with Crippen LogP contribution in [0.5, 0.6) is 0 Å². The molecular formula is C23H32N4O3S. The molecule has 0 radical (unpaired) electrons. The van der Waals surface area contributed by atoms with Crippen molar-refractivity contribution in [2.45, 2.75) is 56.7 Å². The summed E-state index contributed by atoms with van der Waals surface area (Å²) in [7, 11) is 0. The van der Waals surface area contributed by atoms with Crippen molar-refractivity contribution < 1.29 is 13.9 Å². The number of amides is 1. The van der Waals surface area contributed by atoms with Crippen LogP contribution in [0.15, 0.2) is 27.8 Å². The van der Waals surface area contributed by atoms with E-state index in [-0.39, 0.29) is 17.2 Å². The second kappa shape index (κ2) is 10.1. The average molecular weight is 445 g/mol. The quantitative estimate of drug-likeness (QED) is 0.654. The molecular weight excluding hydrogens is 412 g/mol. The van der Waals surface area contributed by atoms with Crippen molar-refractivity contribution in [3.63, 3.8) is 0 Å². The number of thioether (sulfide) groups is 1. The minimum Gasteiger partial charge on any atom is -0.411 e. The van der Waals surface area contributed by atoms with Crippen molar-refractivity contribution in [3.05, 3.63) is 29.3 Å². The Labute approximate surface area is 188 Å². The number of hydrogen-bond donors (Lipinski definition) is 1. The molecule has 1 saturated carbocycles. The monoisotopic (exact) mass is 444 g/mol. The highest BCUT2D eigenvalue weighted by molar-refractivity contribution is 7.99. The second-order valence-electron chi connectivity index (χ2n) is 8.70. The minimum atomic E-state index is 0.00866. The highest BCUT2D eigenvalue weighted by Crippen LogP contribution is 2.34. The summed E-state index contributed by atoms with van der Waals surface area (Å²) in [5.74, 6) is 0.769. The molecule has 1 aliphatic carbocycles. The van der Waals surface area contributed by atoms with Crippen LogP contribution >= 0.6 is 11.8 Å². The first-order valence-corrected chi connectivity index (χ1v) is 12.2. The van der Waals surface area contributed by atoms with Crippen molar-refractivity contribution >= 4 is 17.7 Å². The zero-order valence-electron chi connectivity index (χ0n) is 18.5. The van der Waals surface area contributed by atoms with Gasteiger partial charge < -0.3 is 14.5 Å².